The number of nitrogens with zero attached hydrogens (tertiary/aromatic N) is 2. The molecule has 52 heavy (non-hydrogen) atoms. The van der Waals surface area contributed by atoms with Crippen LogP contribution in [0.15, 0.2) is 182 Å². The maximum atomic E-state index is 6.73. The van der Waals surface area contributed by atoms with Gasteiger partial charge >= 0.3 is 0 Å². The molecule has 1 aliphatic heterocycles. The summed E-state index contributed by atoms with van der Waals surface area (Å²) in [6.07, 6.45) is 9.19. The van der Waals surface area contributed by atoms with E-state index < -0.39 is 5.41 Å². The van der Waals surface area contributed by atoms with Gasteiger partial charge in [-0.05, 0) is 69.1 Å². The second-order valence-electron chi connectivity index (χ2n) is 14.1. The smallest absolute Gasteiger partial charge is 0.160 e. The van der Waals surface area contributed by atoms with Gasteiger partial charge in [-0.25, -0.2) is 9.97 Å². The number of hydrogen-bond donors (Lipinski definition) is 0. The van der Waals surface area contributed by atoms with Gasteiger partial charge in [-0.15, -0.1) is 0 Å². The molecule has 3 atom stereocenters. The van der Waals surface area contributed by atoms with Gasteiger partial charge in [0.15, 0.2) is 5.82 Å². The molecule has 1 spiro atoms. The minimum Gasteiger partial charge on any atom is -0.457 e. The monoisotopic (exact) mass is 664 g/mol. The Kier molecular flexibility index (Phi) is 6.29. The van der Waals surface area contributed by atoms with Crippen LogP contribution in [0.5, 0.6) is 11.5 Å². The van der Waals surface area contributed by atoms with E-state index in [1.807, 2.05) is 18.2 Å². The van der Waals surface area contributed by atoms with Gasteiger partial charge < -0.3 is 4.74 Å². The van der Waals surface area contributed by atoms with Gasteiger partial charge in [-0.3, -0.25) is 0 Å². The molecule has 1 aromatic heterocycles. The summed E-state index contributed by atoms with van der Waals surface area (Å²) in [6.45, 7) is 0. The van der Waals surface area contributed by atoms with Crippen LogP contribution in [0.1, 0.15) is 28.2 Å². The van der Waals surface area contributed by atoms with Crippen molar-refractivity contribution in [1.29, 1.82) is 0 Å². The van der Waals surface area contributed by atoms with Gasteiger partial charge in [0.05, 0.1) is 16.8 Å². The van der Waals surface area contributed by atoms with Crippen LogP contribution in [0, 0.1) is 5.92 Å². The van der Waals surface area contributed by atoms with Crippen molar-refractivity contribution in [3.05, 3.63) is 204 Å². The lowest BCUT2D eigenvalue weighted by atomic mass is 9.61. The molecule has 3 unspecified atom stereocenters. The van der Waals surface area contributed by atoms with Gasteiger partial charge in [0, 0.05) is 39.7 Å². The molecule has 0 amide bonds. The first-order valence-electron chi connectivity index (χ1n) is 18.0. The molecule has 7 aromatic carbocycles. The van der Waals surface area contributed by atoms with Crippen molar-refractivity contribution in [3.63, 3.8) is 0 Å². The molecule has 3 aliphatic rings. The summed E-state index contributed by atoms with van der Waals surface area (Å²) in [5, 5.41) is 4.92. The van der Waals surface area contributed by atoms with Gasteiger partial charge in [0.1, 0.15) is 11.5 Å². The Hall–Kier alpha value is -6.58. The minimum atomic E-state index is -0.429. The van der Waals surface area contributed by atoms with Crippen LogP contribution in [-0.4, -0.2) is 9.97 Å². The van der Waals surface area contributed by atoms with Crippen LogP contribution < -0.4 is 4.74 Å². The molecule has 0 radical (unpaired) electrons. The number of hydrogen-bond acceptors (Lipinski definition) is 3. The van der Waals surface area contributed by atoms with Crippen molar-refractivity contribution in [2.75, 3.05) is 0 Å². The van der Waals surface area contributed by atoms with E-state index in [0.29, 0.717) is 5.82 Å². The van der Waals surface area contributed by atoms with Crippen LogP contribution in [0.3, 0.4) is 0 Å². The number of para-hydroxylation sites is 1. The molecule has 3 nitrogen and oxygen atoms in total. The van der Waals surface area contributed by atoms with Crippen molar-refractivity contribution >= 4 is 21.5 Å². The molecule has 0 bridgehead atoms. The molecule has 11 rings (SSSR count). The maximum Gasteiger partial charge on any atom is 0.160 e. The summed E-state index contributed by atoms with van der Waals surface area (Å²) in [7, 11) is 0. The van der Waals surface area contributed by atoms with Crippen molar-refractivity contribution in [2.45, 2.75) is 11.3 Å². The highest BCUT2D eigenvalue weighted by Gasteiger charge is 2.56. The van der Waals surface area contributed by atoms with Gasteiger partial charge in [0.25, 0.3) is 0 Å². The van der Waals surface area contributed by atoms with E-state index in [-0.39, 0.29) is 11.8 Å². The molecular formula is C49H32N2O. The third-order valence-corrected chi connectivity index (χ3v) is 11.4. The molecule has 0 fully saturated rings. The first-order valence-corrected chi connectivity index (χ1v) is 18.0. The van der Waals surface area contributed by atoms with Crippen LogP contribution in [0.2, 0.25) is 0 Å². The summed E-state index contributed by atoms with van der Waals surface area (Å²) in [5.41, 5.74) is 9.50. The summed E-state index contributed by atoms with van der Waals surface area (Å²) < 4.78 is 6.73. The molecule has 3 heteroatoms. The van der Waals surface area contributed by atoms with Crippen molar-refractivity contribution < 1.29 is 4.74 Å². The van der Waals surface area contributed by atoms with E-state index in [1.165, 1.54) is 43.8 Å². The molecule has 244 valence electrons. The quantitative estimate of drug-likeness (QED) is 0.176. The van der Waals surface area contributed by atoms with E-state index in [9.17, 15) is 0 Å². The summed E-state index contributed by atoms with van der Waals surface area (Å²) in [6, 6.07) is 56.3. The van der Waals surface area contributed by atoms with Crippen LogP contribution >= 0.6 is 0 Å². The average Bonchev–Trinajstić information content (AvgIpc) is 3.51. The Bertz CT molecular complexity index is 2800. The third-order valence-electron chi connectivity index (χ3n) is 11.4. The zero-order valence-electron chi connectivity index (χ0n) is 28.3. The Morgan fingerprint density at radius 2 is 1.13 bits per heavy atom. The lowest BCUT2D eigenvalue weighted by Gasteiger charge is -2.43. The minimum absolute atomic E-state index is 0.198. The predicted molar refractivity (Wildman–Crippen MR) is 211 cm³/mol. The first kappa shape index (κ1) is 29.2. The zero-order valence-corrected chi connectivity index (χ0v) is 28.3. The average molecular weight is 665 g/mol. The molecule has 0 saturated heterocycles. The molecule has 8 aromatic rings. The van der Waals surface area contributed by atoms with E-state index >= 15 is 0 Å². The highest BCUT2D eigenvalue weighted by atomic mass is 16.5. The number of allylic oxidation sites excluding steroid dienone is 4. The SMILES string of the molecule is C1=CC2c3ccccc3C3(c4ccccc4Oc4ccc(-c5cc(-c6ccc7c(ccc8ccccc87)c6)nc(-c6ccccc6)n5)cc43)C2C=C1. The van der Waals surface area contributed by atoms with Crippen LogP contribution in [0.25, 0.3) is 55.4 Å². The number of ether oxygens (including phenoxy) is 1. The third kappa shape index (κ3) is 4.20. The topological polar surface area (TPSA) is 35.0 Å². The molecular weight excluding hydrogens is 633 g/mol. The number of fused-ring (bicyclic) bond motifs is 12. The molecule has 2 heterocycles. The number of benzene rings is 7. The lowest BCUT2D eigenvalue weighted by molar-refractivity contribution is 0.374. The van der Waals surface area contributed by atoms with E-state index in [2.05, 4.69) is 164 Å². The fraction of sp³-hybridized carbons (Fsp3) is 0.0612. The first-order chi connectivity index (χ1) is 25.8. The number of rotatable bonds is 3. The zero-order chi connectivity index (χ0) is 34.2. The van der Waals surface area contributed by atoms with Crippen LogP contribution in [-0.2, 0) is 5.41 Å². The van der Waals surface area contributed by atoms with Gasteiger partial charge in [0.2, 0.25) is 0 Å². The van der Waals surface area contributed by atoms with Crippen molar-refractivity contribution in [2.24, 2.45) is 5.92 Å². The summed E-state index contributed by atoms with van der Waals surface area (Å²) in [5.74, 6) is 2.97. The fourth-order valence-corrected chi connectivity index (χ4v) is 9.16. The van der Waals surface area contributed by atoms with E-state index in [4.69, 9.17) is 14.7 Å². The fourth-order valence-electron chi connectivity index (χ4n) is 9.16. The Labute approximate surface area is 302 Å². The Balaban J connectivity index is 1.13. The van der Waals surface area contributed by atoms with E-state index in [1.54, 1.807) is 0 Å². The van der Waals surface area contributed by atoms with E-state index in [0.717, 1.165) is 39.6 Å². The molecule has 0 N–H and O–H groups in total. The van der Waals surface area contributed by atoms with Gasteiger partial charge in [-0.1, -0.05) is 146 Å². The second kappa shape index (κ2) is 11.2. The highest BCUT2D eigenvalue weighted by Crippen LogP contribution is 2.64. The molecule has 0 saturated carbocycles. The second-order valence-corrected chi connectivity index (χ2v) is 14.1. The van der Waals surface area contributed by atoms with Crippen molar-refractivity contribution in [1.82, 2.24) is 9.97 Å². The largest absolute Gasteiger partial charge is 0.457 e. The Morgan fingerprint density at radius 1 is 0.462 bits per heavy atom. The normalized spacial score (nSPS) is 19.2. The number of aromatic nitrogens is 2. The lowest BCUT2D eigenvalue weighted by Crippen LogP contribution is -2.37. The van der Waals surface area contributed by atoms with Crippen LogP contribution in [0.4, 0.5) is 0 Å². The van der Waals surface area contributed by atoms with Gasteiger partial charge in [-0.2, -0.15) is 0 Å². The summed E-state index contributed by atoms with van der Waals surface area (Å²) in [4.78, 5) is 10.4. The standard InChI is InChI=1S/C49H32N2O/c1-2-13-32(14-3-1)48-50-44(34-24-26-37-33(28-34)23-22-31-12-4-5-15-36(31)37)30-45(51-48)35-25-27-47-43(29-35)49(42-20-10-11-21-46(42)52-47)40-18-8-6-16-38(40)39-17-7-9-19-41(39)49/h1-30,38,40H. The highest BCUT2D eigenvalue weighted by molar-refractivity contribution is 6.08. The van der Waals surface area contributed by atoms with Crippen molar-refractivity contribution in [3.8, 4) is 45.4 Å². The predicted octanol–water partition coefficient (Wildman–Crippen LogP) is 12.1. The molecule has 2 aliphatic carbocycles. The summed E-state index contributed by atoms with van der Waals surface area (Å²) >= 11 is 0. The maximum absolute atomic E-state index is 6.73. The Morgan fingerprint density at radius 3 is 2.04 bits per heavy atom.